The highest BCUT2D eigenvalue weighted by Gasteiger charge is 2.40. The highest BCUT2D eigenvalue weighted by atomic mass is 19.1. The lowest BCUT2D eigenvalue weighted by Crippen LogP contribution is -2.58. The Bertz CT molecular complexity index is 773. The second kappa shape index (κ2) is 9.93. The molecule has 0 unspecified atom stereocenters. The fraction of sp³-hybridized carbons (Fsp3) is 0.636. The zero-order valence-electron chi connectivity index (χ0n) is 17.5. The van der Waals surface area contributed by atoms with Crippen LogP contribution in [-0.2, 0) is 14.3 Å². The molecule has 2 saturated heterocycles. The number of fused-ring (bicyclic) bond motifs is 1. The van der Waals surface area contributed by atoms with E-state index in [2.05, 4.69) is 10.6 Å². The van der Waals surface area contributed by atoms with Crippen molar-refractivity contribution in [2.75, 3.05) is 31.6 Å². The first kappa shape index (κ1) is 22.0. The monoisotopic (exact) mass is 435 g/mol. The summed E-state index contributed by atoms with van der Waals surface area (Å²) in [5.74, 6) is 0.229. The number of benzene rings is 1. The number of carbonyl (C=O) groups excluding carboxylic acids is 2. The highest BCUT2D eigenvalue weighted by molar-refractivity contribution is 5.89. The minimum absolute atomic E-state index is 0.0107. The Morgan fingerprint density at radius 3 is 2.65 bits per heavy atom. The number of urea groups is 1. The van der Waals surface area contributed by atoms with E-state index in [1.807, 2.05) is 0 Å². The Balaban J connectivity index is 1.38. The van der Waals surface area contributed by atoms with Crippen LogP contribution in [0.15, 0.2) is 24.3 Å². The molecule has 0 radical (unpaired) electrons. The van der Waals surface area contributed by atoms with Crippen molar-refractivity contribution in [2.45, 2.75) is 56.5 Å². The second-order valence-corrected chi connectivity index (χ2v) is 8.67. The zero-order valence-corrected chi connectivity index (χ0v) is 17.5. The van der Waals surface area contributed by atoms with Crippen molar-refractivity contribution in [2.24, 2.45) is 5.92 Å². The third kappa shape index (κ3) is 6.15. The molecule has 4 rings (SSSR count). The number of aliphatic hydroxyl groups is 1. The molecule has 9 heteroatoms. The molecule has 4 atom stereocenters. The molecule has 1 aliphatic carbocycles. The Kier molecular flexibility index (Phi) is 7.04. The largest absolute Gasteiger partial charge is 0.389 e. The van der Waals surface area contributed by atoms with Gasteiger partial charge in [0.25, 0.3) is 0 Å². The van der Waals surface area contributed by atoms with Gasteiger partial charge in [-0.25, -0.2) is 9.18 Å². The summed E-state index contributed by atoms with van der Waals surface area (Å²) in [6.07, 6.45) is 2.50. The number of nitrogens with one attached hydrogen (secondary N) is 2. The van der Waals surface area contributed by atoms with Crippen LogP contribution in [0.2, 0.25) is 0 Å². The van der Waals surface area contributed by atoms with Crippen molar-refractivity contribution in [3.63, 3.8) is 0 Å². The molecule has 3 aliphatic rings. The lowest BCUT2D eigenvalue weighted by molar-refractivity contribution is -0.149. The van der Waals surface area contributed by atoms with Crippen molar-refractivity contribution < 1.29 is 28.6 Å². The number of ether oxygens (including phenoxy) is 2. The Morgan fingerprint density at radius 2 is 1.90 bits per heavy atom. The van der Waals surface area contributed by atoms with Crippen molar-refractivity contribution in [3.05, 3.63) is 30.1 Å². The third-order valence-electron chi connectivity index (χ3n) is 6.04. The smallest absolute Gasteiger partial charge is 0.322 e. The van der Waals surface area contributed by atoms with Gasteiger partial charge >= 0.3 is 6.03 Å². The molecule has 2 aliphatic heterocycles. The summed E-state index contributed by atoms with van der Waals surface area (Å²) in [6, 6.07) is 4.85. The van der Waals surface area contributed by atoms with E-state index in [4.69, 9.17) is 9.47 Å². The molecular formula is C22H30FN3O5. The van der Waals surface area contributed by atoms with E-state index in [0.717, 1.165) is 6.54 Å². The number of hydrogen-bond donors (Lipinski definition) is 3. The van der Waals surface area contributed by atoms with Crippen molar-refractivity contribution in [3.8, 4) is 0 Å². The van der Waals surface area contributed by atoms with Gasteiger partial charge in [-0.2, -0.15) is 0 Å². The Morgan fingerprint density at radius 1 is 1.13 bits per heavy atom. The molecule has 3 N–H and O–H groups in total. The van der Waals surface area contributed by atoms with E-state index in [1.165, 1.54) is 37.1 Å². The normalized spacial score (nSPS) is 28.8. The van der Waals surface area contributed by atoms with E-state index in [9.17, 15) is 19.1 Å². The van der Waals surface area contributed by atoms with E-state index < -0.39 is 6.10 Å². The molecular weight excluding hydrogens is 405 g/mol. The first-order valence-corrected chi connectivity index (χ1v) is 11.0. The fourth-order valence-corrected chi connectivity index (χ4v) is 4.16. The molecule has 170 valence electrons. The number of amides is 3. The first-order valence-electron chi connectivity index (χ1n) is 11.0. The molecule has 0 bridgehead atoms. The molecule has 1 aromatic rings. The Labute approximate surface area is 181 Å². The highest BCUT2D eigenvalue weighted by Crippen LogP contribution is 2.29. The molecule has 0 aromatic heterocycles. The third-order valence-corrected chi connectivity index (χ3v) is 6.04. The van der Waals surface area contributed by atoms with Gasteiger partial charge < -0.3 is 30.1 Å². The number of carbonyl (C=O) groups is 2. The van der Waals surface area contributed by atoms with Gasteiger partial charge in [0.15, 0.2) is 0 Å². The topological polar surface area (TPSA) is 100 Å². The van der Waals surface area contributed by atoms with E-state index in [1.54, 1.807) is 4.90 Å². The summed E-state index contributed by atoms with van der Waals surface area (Å²) in [4.78, 5) is 26.8. The van der Waals surface area contributed by atoms with E-state index in [-0.39, 0.29) is 55.8 Å². The Hall–Kier alpha value is -2.23. The predicted octanol–water partition coefficient (Wildman–Crippen LogP) is 1.88. The van der Waals surface area contributed by atoms with Crippen LogP contribution >= 0.6 is 0 Å². The SMILES string of the molecule is O=C(C[C@@H]1CC[C@@H]2[C@H](COC[C@H](O)CN2C(=O)Nc2ccc(F)cc2)O1)NCC1CC1. The van der Waals surface area contributed by atoms with Gasteiger partial charge in [-0.15, -0.1) is 0 Å². The maximum absolute atomic E-state index is 13.2. The molecule has 8 nitrogen and oxygen atoms in total. The average molecular weight is 435 g/mol. The van der Waals surface area contributed by atoms with E-state index in [0.29, 0.717) is 30.9 Å². The summed E-state index contributed by atoms with van der Waals surface area (Å²) in [5, 5.41) is 15.9. The van der Waals surface area contributed by atoms with Crippen LogP contribution in [-0.4, -0.2) is 72.6 Å². The van der Waals surface area contributed by atoms with Crippen LogP contribution in [0.4, 0.5) is 14.9 Å². The summed E-state index contributed by atoms with van der Waals surface area (Å²) < 4.78 is 24.9. The average Bonchev–Trinajstić information content (AvgIpc) is 3.56. The van der Waals surface area contributed by atoms with Crippen LogP contribution < -0.4 is 10.6 Å². The number of anilines is 1. The maximum atomic E-state index is 13.2. The van der Waals surface area contributed by atoms with Crippen LogP contribution in [0.3, 0.4) is 0 Å². The zero-order chi connectivity index (χ0) is 21.8. The van der Waals surface area contributed by atoms with Crippen LogP contribution in [0, 0.1) is 11.7 Å². The summed E-state index contributed by atoms with van der Waals surface area (Å²) in [6.45, 7) is 1.17. The van der Waals surface area contributed by atoms with Gasteiger partial charge in [-0.3, -0.25) is 4.79 Å². The summed E-state index contributed by atoms with van der Waals surface area (Å²) in [5.41, 5.74) is 0.470. The molecule has 1 aromatic carbocycles. The van der Waals surface area contributed by atoms with Gasteiger partial charge in [0, 0.05) is 12.2 Å². The standard InChI is InChI=1S/C22H30FN3O5/c23-15-3-5-16(6-4-15)25-22(29)26-11-17(27)12-30-13-20-19(26)8-7-18(31-20)9-21(28)24-10-14-1-2-14/h3-6,14,17-20,27H,1-2,7-13H2,(H,24,28)(H,25,29)/t17-,18+,19-,20+/m1/s1. The maximum Gasteiger partial charge on any atom is 0.322 e. The van der Waals surface area contributed by atoms with Gasteiger partial charge in [-0.1, -0.05) is 0 Å². The minimum atomic E-state index is -0.814. The van der Waals surface area contributed by atoms with Gasteiger partial charge in [0.05, 0.1) is 44.4 Å². The van der Waals surface area contributed by atoms with Gasteiger partial charge in [0.2, 0.25) is 5.91 Å². The number of β-amino-alcohol motifs (C(OH)–C–C–N with tert-alkyl or cyclic N) is 1. The lowest BCUT2D eigenvalue weighted by Gasteiger charge is -2.44. The first-order chi connectivity index (χ1) is 15.0. The summed E-state index contributed by atoms with van der Waals surface area (Å²) in [7, 11) is 0. The molecule has 1 saturated carbocycles. The number of aliphatic hydroxyl groups excluding tert-OH is 1. The quantitative estimate of drug-likeness (QED) is 0.656. The molecule has 3 amide bonds. The molecule has 31 heavy (non-hydrogen) atoms. The predicted molar refractivity (Wildman–Crippen MR) is 111 cm³/mol. The number of hydrogen-bond acceptors (Lipinski definition) is 5. The fourth-order valence-electron chi connectivity index (χ4n) is 4.16. The second-order valence-electron chi connectivity index (χ2n) is 8.67. The minimum Gasteiger partial charge on any atom is -0.389 e. The van der Waals surface area contributed by atoms with Crippen molar-refractivity contribution in [1.82, 2.24) is 10.2 Å². The van der Waals surface area contributed by atoms with Gasteiger partial charge in [-0.05, 0) is 55.9 Å². The lowest BCUT2D eigenvalue weighted by atomic mass is 9.95. The van der Waals surface area contributed by atoms with E-state index >= 15 is 0 Å². The number of halogens is 1. The molecule has 2 heterocycles. The van der Waals surface area contributed by atoms with Crippen LogP contribution in [0.5, 0.6) is 0 Å². The molecule has 0 spiro atoms. The van der Waals surface area contributed by atoms with Crippen molar-refractivity contribution in [1.29, 1.82) is 0 Å². The number of rotatable bonds is 5. The van der Waals surface area contributed by atoms with Gasteiger partial charge in [0.1, 0.15) is 11.9 Å². The summed E-state index contributed by atoms with van der Waals surface area (Å²) >= 11 is 0. The number of nitrogens with zero attached hydrogens (tertiary/aromatic N) is 1. The van der Waals surface area contributed by atoms with Crippen molar-refractivity contribution >= 4 is 17.6 Å². The molecule has 3 fully saturated rings. The van der Waals surface area contributed by atoms with Crippen LogP contribution in [0.1, 0.15) is 32.1 Å². The van der Waals surface area contributed by atoms with Crippen LogP contribution in [0.25, 0.3) is 0 Å².